The molecule has 0 bridgehead atoms. The van der Waals surface area contributed by atoms with Crippen molar-refractivity contribution < 1.29 is 9.18 Å². The zero-order chi connectivity index (χ0) is 19.1. The van der Waals surface area contributed by atoms with E-state index in [9.17, 15) is 9.18 Å². The minimum absolute atomic E-state index is 0.00570. The fourth-order valence-electron chi connectivity index (χ4n) is 3.56. The molecule has 2 aromatic rings. The largest absolute Gasteiger partial charge is 0.353 e. The van der Waals surface area contributed by atoms with E-state index in [4.69, 9.17) is 5.73 Å². The highest BCUT2D eigenvalue weighted by Crippen LogP contribution is 2.16. The van der Waals surface area contributed by atoms with Crippen molar-refractivity contribution in [1.82, 2.24) is 10.2 Å². The third-order valence-corrected chi connectivity index (χ3v) is 5.21. The molecule has 3 N–H and O–H groups in total. The Balaban J connectivity index is 1.36. The lowest BCUT2D eigenvalue weighted by Crippen LogP contribution is -2.45. The molecular weight excluding hydrogens is 341 g/mol. The van der Waals surface area contributed by atoms with E-state index < -0.39 is 0 Å². The SMILES string of the molecule is NC(CCN1CCC(NC(=O)Cc2ccc(F)cc2)CC1)c1ccccc1. The van der Waals surface area contributed by atoms with Crippen LogP contribution in [-0.2, 0) is 11.2 Å². The van der Waals surface area contributed by atoms with Crippen LogP contribution in [0.1, 0.15) is 36.4 Å². The highest BCUT2D eigenvalue weighted by molar-refractivity contribution is 5.78. The van der Waals surface area contributed by atoms with Gasteiger partial charge < -0.3 is 16.0 Å². The van der Waals surface area contributed by atoms with E-state index in [-0.39, 0.29) is 23.8 Å². The van der Waals surface area contributed by atoms with Gasteiger partial charge in [-0.1, -0.05) is 42.5 Å². The zero-order valence-corrected chi connectivity index (χ0v) is 15.6. The number of rotatable bonds is 7. The topological polar surface area (TPSA) is 58.4 Å². The van der Waals surface area contributed by atoms with Crippen molar-refractivity contribution in [2.24, 2.45) is 5.73 Å². The van der Waals surface area contributed by atoms with Crippen LogP contribution in [0.4, 0.5) is 4.39 Å². The molecule has 1 unspecified atom stereocenters. The number of benzene rings is 2. The van der Waals surface area contributed by atoms with Crippen LogP contribution in [-0.4, -0.2) is 36.5 Å². The van der Waals surface area contributed by atoms with Gasteiger partial charge in [-0.3, -0.25) is 4.79 Å². The Hall–Kier alpha value is -2.24. The quantitative estimate of drug-likeness (QED) is 0.789. The molecule has 1 amide bonds. The predicted molar refractivity (Wildman–Crippen MR) is 106 cm³/mol. The maximum absolute atomic E-state index is 12.9. The maximum atomic E-state index is 12.9. The fraction of sp³-hybridized carbons (Fsp3) is 0.409. The van der Waals surface area contributed by atoms with Crippen LogP contribution in [0.15, 0.2) is 54.6 Å². The molecule has 1 fully saturated rings. The molecule has 5 heteroatoms. The molecule has 1 aliphatic heterocycles. The van der Waals surface area contributed by atoms with Crippen molar-refractivity contribution in [3.8, 4) is 0 Å². The van der Waals surface area contributed by atoms with E-state index in [1.54, 1.807) is 12.1 Å². The lowest BCUT2D eigenvalue weighted by molar-refractivity contribution is -0.121. The summed E-state index contributed by atoms with van der Waals surface area (Å²) in [7, 11) is 0. The van der Waals surface area contributed by atoms with Gasteiger partial charge in [0, 0.05) is 25.2 Å². The monoisotopic (exact) mass is 369 g/mol. The van der Waals surface area contributed by atoms with E-state index in [1.165, 1.54) is 17.7 Å². The fourth-order valence-corrected chi connectivity index (χ4v) is 3.56. The van der Waals surface area contributed by atoms with Gasteiger partial charge in [0.2, 0.25) is 5.91 Å². The maximum Gasteiger partial charge on any atom is 0.224 e. The van der Waals surface area contributed by atoms with E-state index in [1.807, 2.05) is 18.2 Å². The summed E-state index contributed by atoms with van der Waals surface area (Å²) < 4.78 is 12.9. The molecule has 3 rings (SSSR count). The van der Waals surface area contributed by atoms with Crippen LogP contribution < -0.4 is 11.1 Å². The first kappa shape index (κ1) is 19.5. The normalized spacial score (nSPS) is 16.8. The number of nitrogens with zero attached hydrogens (tertiary/aromatic N) is 1. The minimum atomic E-state index is -0.279. The van der Waals surface area contributed by atoms with Crippen LogP contribution in [0.25, 0.3) is 0 Å². The molecule has 1 saturated heterocycles. The number of amides is 1. The molecule has 0 radical (unpaired) electrons. The molecule has 0 aromatic heterocycles. The van der Waals surface area contributed by atoms with Gasteiger partial charge in [-0.2, -0.15) is 0 Å². The Morgan fingerprint density at radius 3 is 2.44 bits per heavy atom. The molecule has 0 spiro atoms. The number of halogens is 1. The Morgan fingerprint density at radius 1 is 1.11 bits per heavy atom. The first-order chi connectivity index (χ1) is 13.1. The number of piperidine rings is 1. The Labute approximate surface area is 160 Å². The molecule has 144 valence electrons. The highest BCUT2D eigenvalue weighted by Gasteiger charge is 2.21. The van der Waals surface area contributed by atoms with Gasteiger partial charge in [0.25, 0.3) is 0 Å². The van der Waals surface area contributed by atoms with Gasteiger partial charge in [0.1, 0.15) is 5.82 Å². The number of carbonyl (C=O) groups is 1. The number of nitrogens with one attached hydrogen (secondary N) is 1. The highest BCUT2D eigenvalue weighted by atomic mass is 19.1. The standard InChI is InChI=1S/C22H28FN3O/c23-19-8-6-17(7-9-19)16-22(27)25-20-10-13-26(14-11-20)15-12-21(24)18-4-2-1-3-5-18/h1-9,20-21H,10-16,24H2,(H,25,27). The Morgan fingerprint density at radius 2 is 1.78 bits per heavy atom. The molecule has 2 aromatic carbocycles. The molecule has 4 nitrogen and oxygen atoms in total. The minimum Gasteiger partial charge on any atom is -0.353 e. The van der Waals surface area contributed by atoms with Gasteiger partial charge in [0.15, 0.2) is 0 Å². The van der Waals surface area contributed by atoms with Crippen LogP contribution in [0.3, 0.4) is 0 Å². The molecule has 1 heterocycles. The van der Waals surface area contributed by atoms with Crippen LogP contribution in [0.2, 0.25) is 0 Å². The van der Waals surface area contributed by atoms with Crippen LogP contribution >= 0.6 is 0 Å². The van der Waals surface area contributed by atoms with Gasteiger partial charge in [-0.15, -0.1) is 0 Å². The lowest BCUT2D eigenvalue weighted by atomic mass is 10.0. The summed E-state index contributed by atoms with van der Waals surface area (Å²) in [5.41, 5.74) is 8.30. The zero-order valence-electron chi connectivity index (χ0n) is 15.6. The van der Waals surface area contributed by atoms with Gasteiger partial charge in [0.05, 0.1) is 6.42 Å². The molecule has 1 atom stereocenters. The second-order valence-corrected chi connectivity index (χ2v) is 7.29. The van der Waals surface area contributed by atoms with Gasteiger partial charge >= 0.3 is 0 Å². The van der Waals surface area contributed by atoms with Gasteiger partial charge in [-0.05, 0) is 49.1 Å². The second kappa shape index (κ2) is 9.62. The Bertz CT molecular complexity index is 712. The van der Waals surface area contributed by atoms with Crippen molar-refractivity contribution >= 4 is 5.91 Å². The smallest absolute Gasteiger partial charge is 0.224 e. The number of hydrogen-bond acceptors (Lipinski definition) is 3. The average Bonchev–Trinajstić information content (AvgIpc) is 2.69. The third kappa shape index (κ3) is 6.15. The van der Waals surface area contributed by atoms with E-state index in [0.29, 0.717) is 6.42 Å². The molecule has 0 saturated carbocycles. The summed E-state index contributed by atoms with van der Waals surface area (Å²) in [5.74, 6) is -0.273. The van der Waals surface area contributed by atoms with Crippen LogP contribution in [0, 0.1) is 5.82 Å². The van der Waals surface area contributed by atoms with E-state index >= 15 is 0 Å². The number of nitrogens with two attached hydrogens (primary N) is 1. The summed E-state index contributed by atoms with van der Waals surface area (Å²) >= 11 is 0. The average molecular weight is 369 g/mol. The van der Waals surface area contributed by atoms with Crippen molar-refractivity contribution in [2.45, 2.75) is 37.8 Å². The van der Waals surface area contributed by atoms with Crippen molar-refractivity contribution in [3.63, 3.8) is 0 Å². The van der Waals surface area contributed by atoms with E-state index in [0.717, 1.165) is 44.5 Å². The molecular formula is C22H28FN3O. The summed E-state index contributed by atoms with van der Waals surface area (Å²) in [4.78, 5) is 14.6. The molecule has 1 aliphatic rings. The number of carbonyl (C=O) groups excluding carboxylic acids is 1. The van der Waals surface area contributed by atoms with E-state index in [2.05, 4.69) is 22.3 Å². The lowest BCUT2D eigenvalue weighted by Gasteiger charge is -2.33. The third-order valence-electron chi connectivity index (χ3n) is 5.21. The summed E-state index contributed by atoms with van der Waals surface area (Å²) in [5, 5.41) is 3.11. The summed E-state index contributed by atoms with van der Waals surface area (Å²) in [6.45, 7) is 2.93. The van der Waals surface area contributed by atoms with Gasteiger partial charge in [-0.25, -0.2) is 4.39 Å². The number of hydrogen-bond donors (Lipinski definition) is 2. The second-order valence-electron chi connectivity index (χ2n) is 7.29. The summed E-state index contributed by atoms with van der Waals surface area (Å²) in [6, 6.07) is 16.6. The molecule has 27 heavy (non-hydrogen) atoms. The Kier molecular flexibility index (Phi) is 6.96. The predicted octanol–water partition coefficient (Wildman–Crippen LogP) is 3.04. The molecule has 0 aliphatic carbocycles. The first-order valence-electron chi connectivity index (χ1n) is 9.67. The van der Waals surface area contributed by atoms with Crippen LogP contribution in [0.5, 0.6) is 0 Å². The first-order valence-corrected chi connectivity index (χ1v) is 9.67. The van der Waals surface area contributed by atoms with Crippen molar-refractivity contribution in [1.29, 1.82) is 0 Å². The van der Waals surface area contributed by atoms with Crippen molar-refractivity contribution in [2.75, 3.05) is 19.6 Å². The van der Waals surface area contributed by atoms with Crippen molar-refractivity contribution in [3.05, 3.63) is 71.5 Å². The summed E-state index contributed by atoms with van der Waals surface area (Å²) in [6.07, 6.45) is 3.14. The number of likely N-dealkylation sites (tertiary alicyclic amines) is 1.